The van der Waals surface area contributed by atoms with E-state index in [1.165, 1.54) is 18.2 Å². The third-order valence-corrected chi connectivity index (χ3v) is 2.61. The van der Waals surface area contributed by atoms with Gasteiger partial charge in [0, 0.05) is 11.3 Å². The van der Waals surface area contributed by atoms with E-state index in [1.54, 1.807) is 0 Å². The second-order valence-electron chi connectivity index (χ2n) is 3.01. The largest absolute Gasteiger partial charge is 0.285 e. The van der Waals surface area contributed by atoms with Gasteiger partial charge in [-0.1, -0.05) is 19.9 Å². The van der Waals surface area contributed by atoms with E-state index < -0.39 is 10.7 Å². The van der Waals surface area contributed by atoms with Crippen LogP contribution >= 0.6 is 11.8 Å². The second kappa shape index (κ2) is 4.41. The lowest BCUT2D eigenvalue weighted by Gasteiger charge is -2.06. The molecule has 0 atom stereocenters. The summed E-state index contributed by atoms with van der Waals surface area (Å²) < 4.78 is 13.2. The maximum absolute atomic E-state index is 13.2. The highest BCUT2D eigenvalue weighted by atomic mass is 32.2. The smallest absolute Gasteiger partial charge is 0.258 e. The van der Waals surface area contributed by atoms with E-state index in [0.29, 0.717) is 0 Å². The summed E-state index contributed by atoms with van der Waals surface area (Å²) in [6.45, 7) is 3.72. The first kappa shape index (κ1) is 11.0. The normalized spacial score (nSPS) is 10.6. The Hall–Kier alpha value is -1.10. The summed E-state index contributed by atoms with van der Waals surface area (Å²) >= 11 is 1.16. The van der Waals surface area contributed by atoms with E-state index in [4.69, 9.17) is 0 Å². The predicted octanol–water partition coefficient (Wildman–Crippen LogP) is 3.23. The molecule has 0 amide bonds. The minimum absolute atomic E-state index is 0.116. The molecule has 0 saturated carbocycles. The van der Waals surface area contributed by atoms with Crippen molar-refractivity contribution in [2.75, 3.05) is 0 Å². The molecule has 0 aliphatic heterocycles. The van der Waals surface area contributed by atoms with Crippen molar-refractivity contribution in [3.63, 3.8) is 0 Å². The zero-order valence-electron chi connectivity index (χ0n) is 7.86. The number of rotatable bonds is 3. The molecule has 1 rings (SSSR count). The molecular formula is C9H10FNO2S. The molecule has 0 saturated heterocycles. The van der Waals surface area contributed by atoms with Crippen LogP contribution in [0.1, 0.15) is 13.8 Å². The molecule has 1 aromatic rings. The number of halogens is 1. The van der Waals surface area contributed by atoms with Crippen LogP contribution in [0, 0.1) is 15.9 Å². The maximum Gasteiger partial charge on any atom is 0.285 e. The quantitative estimate of drug-likeness (QED) is 0.441. The Kier molecular flexibility index (Phi) is 3.46. The summed E-state index contributed by atoms with van der Waals surface area (Å²) in [6.07, 6.45) is 0. The molecule has 0 aliphatic carbocycles. The number of nitro groups is 1. The van der Waals surface area contributed by atoms with Gasteiger partial charge in [-0.2, -0.15) is 0 Å². The van der Waals surface area contributed by atoms with Crippen molar-refractivity contribution >= 4 is 17.4 Å². The summed E-state index contributed by atoms with van der Waals surface area (Å²) in [5.74, 6) is -0.530. The molecule has 0 radical (unpaired) electrons. The average Bonchev–Trinajstić information content (AvgIpc) is 2.07. The van der Waals surface area contributed by atoms with E-state index in [2.05, 4.69) is 0 Å². The summed E-state index contributed by atoms with van der Waals surface area (Å²) in [4.78, 5) is 10.1. The summed E-state index contributed by atoms with van der Waals surface area (Å²) in [5, 5.41) is 10.7. The third kappa shape index (κ3) is 2.45. The van der Waals surface area contributed by atoms with Gasteiger partial charge in [0.15, 0.2) is 0 Å². The number of nitrogens with zero attached hydrogens (tertiary/aromatic N) is 1. The lowest BCUT2D eigenvalue weighted by atomic mass is 10.3. The van der Waals surface area contributed by atoms with Gasteiger partial charge >= 0.3 is 0 Å². The van der Waals surface area contributed by atoms with Crippen molar-refractivity contribution in [1.82, 2.24) is 0 Å². The van der Waals surface area contributed by atoms with Gasteiger partial charge in [-0.05, 0) is 6.07 Å². The standard InChI is InChI=1S/C9H10FNO2S/c1-6(2)14-9-7(10)4-3-5-8(9)11(12)13/h3-6H,1-2H3. The maximum atomic E-state index is 13.2. The zero-order chi connectivity index (χ0) is 10.7. The Morgan fingerprint density at radius 3 is 2.64 bits per heavy atom. The van der Waals surface area contributed by atoms with Crippen LogP contribution in [0.5, 0.6) is 0 Å². The summed E-state index contributed by atoms with van der Waals surface area (Å²) in [5.41, 5.74) is -0.163. The molecule has 0 fully saturated rings. The third-order valence-electron chi connectivity index (χ3n) is 1.50. The first-order valence-electron chi connectivity index (χ1n) is 4.12. The number of benzene rings is 1. The molecule has 0 unspecified atom stereocenters. The molecule has 0 heterocycles. The molecule has 3 nitrogen and oxygen atoms in total. The minimum atomic E-state index is -0.562. The molecule has 0 spiro atoms. The zero-order valence-corrected chi connectivity index (χ0v) is 8.68. The lowest BCUT2D eigenvalue weighted by Crippen LogP contribution is -1.96. The number of hydrogen-bond acceptors (Lipinski definition) is 3. The van der Waals surface area contributed by atoms with Gasteiger partial charge in [-0.15, -0.1) is 11.8 Å². The van der Waals surface area contributed by atoms with Crippen molar-refractivity contribution in [2.24, 2.45) is 0 Å². The Bertz CT molecular complexity index is 355. The summed E-state index contributed by atoms with van der Waals surface area (Å²) in [6, 6.07) is 3.89. The fourth-order valence-corrected chi connectivity index (χ4v) is 1.91. The van der Waals surface area contributed by atoms with Crippen LogP contribution in [0.15, 0.2) is 23.1 Å². The molecule has 0 bridgehead atoms. The van der Waals surface area contributed by atoms with Crippen molar-refractivity contribution in [2.45, 2.75) is 24.0 Å². The monoisotopic (exact) mass is 215 g/mol. The van der Waals surface area contributed by atoms with Gasteiger partial charge in [-0.25, -0.2) is 4.39 Å². The Morgan fingerprint density at radius 1 is 1.50 bits per heavy atom. The Morgan fingerprint density at radius 2 is 2.14 bits per heavy atom. The van der Waals surface area contributed by atoms with Gasteiger partial charge in [-0.3, -0.25) is 10.1 Å². The Balaban J connectivity index is 3.15. The van der Waals surface area contributed by atoms with E-state index in [1.807, 2.05) is 13.8 Å². The first-order chi connectivity index (χ1) is 6.52. The van der Waals surface area contributed by atoms with Crippen LogP contribution in [0.3, 0.4) is 0 Å². The topological polar surface area (TPSA) is 43.1 Å². The number of hydrogen-bond donors (Lipinski definition) is 0. The van der Waals surface area contributed by atoms with Gasteiger partial charge in [0.2, 0.25) is 0 Å². The molecule has 0 aromatic heterocycles. The van der Waals surface area contributed by atoms with Crippen LogP contribution in [-0.2, 0) is 0 Å². The highest BCUT2D eigenvalue weighted by molar-refractivity contribution is 8.00. The first-order valence-corrected chi connectivity index (χ1v) is 5.00. The van der Waals surface area contributed by atoms with Crippen molar-refractivity contribution < 1.29 is 9.31 Å². The number of nitro benzene ring substituents is 1. The molecule has 0 aliphatic rings. The fourth-order valence-electron chi connectivity index (χ4n) is 0.994. The highest BCUT2D eigenvalue weighted by Crippen LogP contribution is 2.33. The van der Waals surface area contributed by atoms with Crippen molar-refractivity contribution in [3.8, 4) is 0 Å². The van der Waals surface area contributed by atoms with Crippen molar-refractivity contribution in [1.29, 1.82) is 0 Å². The average molecular weight is 215 g/mol. The second-order valence-corrected chi connectivity index (χ2v) is 4.60. The molecule has 5 heteroatoms. The van der Waals surface area contributed by atoms with Crippen LogP contribution < -0.4 is 0 Å². The van der Waals surface area contributed by atoms with Crippen molar-refractivity contribution in [3.05, 3.63) is 34.1 Å². The SMILES string of the molecule is CC(C)Sc1c(F)cccc1[N+](=O)[O-]. The minimum Gasteiger partial charge on any atom is -0.258 e. The Labute approximate surface area is 85.5 Å². The van der Waals surface area contributed by atoms with Crippen LogP contribution in [0.25, 0.3) is 0 Å². The van der Waals surface area contributed by atoms with E-state index in [-0.39, 0.29) is 15.8 Å². The van der Waals surface area contributed by atoms with Gasteiger partial charge in [0.1, 0.15) is 10.7 Å². The summed E-state index contributed by atoms with van der Waals surface area (Å²) in [7, 11) is 0. The molecule has 0 N–H and O–H groups in total. The van der Waals surface area contributed by atoms with Crippen LogP contribution in [-0.4, -0.2) is 10.2 Å². The van der Waals surface area contributed by atoms with E-state index in [0.717, 1.165) is 11.8 Å². The van der Waals surface area contributed by atoms with Gasteiger partial charge < -0.3 is 0 Å². The van der Waals surface area contributed by atoms with Gasteiger partial charge in [0.05, 0.1) is 4.92 Å². The van der Waals surface area contributed by atoms with E-state index >= 15 is 0 Å². The molecular weight excluding hydrogens is 205 g/mol. The fraction of sp³-hybridized carbons (Fsp3) is 0.333. The lowest BCUT2D eigenvalue weighted by molar-refractivity contribution is -0.388. The predicted molar refractivity (Wildman–Crippen MR) is 54.0 cm³/mol. The highest BCUT2D eigenvalue weighted by Gasteiger charge is 2.18. The van der Waals surface area contributed by atoms with Crippen LogP contribution in [0.2, 0.25) is 0 Å². The van der Waals surface area contributed by atoms with Crippen LogP contribution in [0.4, 0.5) is 10.1 Å². The van der Waals surface area contributed by atoms with E-state index in [9.17, 15) is 14.5 Å². The van der Waals surface area contributed by atoms with Gasteiger partial charge in [0.25, 0.3) is 5.69 Å². The number of thioether (sulfide) groups is 1. The molecule has 14 heavy (non-hydrogen) atoms. The molecule has 76 valence electrons. The molecule has 1 aromatic carbocycles.